The fourth-order valence-corrected chi connectivity index (χ4v) is 2.62. The molecular weight excluding hydrogens is 240 g/mol. The Labute approximate surface area is 113 Å². The third-order valence-corrected chi connectivity index (χ3v) is 3.98. The molecule has 0 unspecified atom stereocenters. The first kappa shape index (κ1) is 13.2. The van der Waals surface area contributed by atoms with Gasteiger partial charge >= 0.3 is 0 Å². The average molecular weight is 258 g/mol. The number of thioether (sulfide) groups is 1. The molecule has 0 aliphatic carbocycles. The smallest absolute Gasteiger partial charge is 0.0787 e. The van der Waals surface area contributed by atoms with Gasteiger partial charge in [-0.05, 0) is 29.7 Å². The van der Waals surface area contributed by atoms with Gasteiger partial charge in [-0.25, -0.2) is 0 Å². The van der Waals surface area contributed by atoms with Gasteiger partial charge in [0.25, 0.3) is 0 Å². The third kappa shape index (κ3) is 3.62. The molecule has 0 spiro atoms. The van der Waals surface area contributed by atoms with E-state index in [1.165, 1.54) is 10.5 Å². The Bertz CT molecular complexity index is 464. The maximum absolute atomic E-state index is 9.72. The van der Waals surface area contributed by atoms with Gasteiger partial charge < -0.3 is 5.11 Å². The molecule has 2 aromatic carbocycles. The summed E-state index contributed by atoms with van der Waals surface area (Å²) in [6.45, 7) is 1.99. The zero-order valence-electron chi connectivity index (χ0n) is 10.5. The maximum Gasteiger partial charge on any atom is 0.0787 e. The zero-order chi connectivity index (χ0) is 12.8. The molecule has 0 aromatic heterocycles. The Hall–Kier alpha value is -1.25. The molecule has 2 heteroatoms. The van der Waals surface area contributed by atoms with Gasteiger partial charge in [0, 0.05) is 10.6 Å². The van der Waals surface area contributed by atoms with Crippen molar-refractivity contribution in [1.82, 2.24) is 0 Å². The molecule has 0 aliphatic heterocycles. The zero-order valence-corrected chi connectivity index (χ0v) is 11.4. The second-order valence-corrected chi connectivity index (χ2v) is 5.32. The van der Waals surface area contributed by atoms with Gasteiger partial charge in [-0.3, -0.25) is 0 Å². The molecular formula is C16H18OS. The number of aliphatic hydroxyl groups excluding tert-OH is 1. The highest BCUT2D eigenvalue weighted by molar-refractivity contribution is 7.98. The van der Waals surface area contributed by atoms with Crippen molar-refractivity contribution in [1.29, 1.82) is 0 Å². The fraction of sp³-hybridized carbons (Fsp3) is 0.250. The Morgan fingerprint density at radius 3 is 2.28 bits per heavy atom. The normalized spacial score (nSPS) is 12.3. The van der Waals surface area contributed by atoms with Crippen molar-refractivity contribution in [3.63, 3.8) is 0 Å². The molecule has 0 fully saturated rings. The highest BCUT2D eigenvalue weighted by atomic mass is 32.2. The molecule has 2 aromatic rings. The van der Waals surface area contributed by atoms with Crippen LogP contribution in [0.2, 0.25) is 0 Å². The minimum Gasteiger partial charge on any atom is -0.388 e. The monoisotopic (exact) mass is 258 g/mol. The van der Waals surface area contributed by atoms with Crippen molar-refractivity contribution in [2.75, 3.05) is 0 Å². The molecule has 1 atom stereocenters. The van der Waals surface area contributed by atoms with E-state index in [4.69, 9.17) is 0 Å². The van der Waals surface area contributed by atoms with Crippen LogP contribution in [0.3, 0.4) is 0 Å². The number of rotatable bonds is 5. The average Bonchev–Trinajstić information content (AvgIpc) is 2.46. The highest BCUT2D eigenvalue weighted by Crippen LogP contribution is 2.25. The molecule has 0 bridgehead atoms. The lowest BCUT2D eigenvalue weighted by molar-refractivity contribution is 0.173. The van der Waals surface area contributed by atoms with E-state index in [0.717, 1.165) is 17.7 Å². The summed E-state index contributed by atoms with van der Waals surface area (Å²) in [5, 5.41) is 9.72. The summed E-state index contributed by atoms with van der Waals surface area (Å²) in [5.74, 6) is 0.983. The van der Waals surface area contributed by atoms with E-state index < -0.39 is 0 Å². The van der Waals surface area contributed by atoms with Gasteiger partial charge in [0.1, 0.15) is 0 Å². The molecule has 18 heavy (non-hydrogen) atoms. The van der Waals surface area contributed by atoms with Gasteiger partial charge in [-0.1, -0.05) is 49.4 Å². The standard InChI is InChI=1S/C16H18OS/c1-2-16(17)14-8-10-15(11-9-14)18-12-13-6-4-3-5-7-13/h3-11,16-17H,2,12H2,1H3/t16-/m1/s1. The van der Waals surface area contributed by atoms with E-state index in [2.05, 4.69) is 36.4 Å². The van der Waals surface area contributed by atoms with Crippen LogP contribution in [0.15, 0.2) is 59.5 Å². The van der Waals surface area contributed by atoms with Crippen LogP contribution in [0.1, 0.15) is 30.6 Å². The SMILES string of the molecule is CC[C@@H](O)c1ccc(SCc2ccccc2)cc1. The molecule has 0 radical (unpaired) electrons. The van der Waals surface area contributed by atoms with Crippen molar-refractivity contribution in [3.05, 3.63) is 65.7 Å². The van der Waals surface area contributed by atoms with Crippen molar-refractivity contribution < 1.29 is 5.11 Å². The van der Waals surface area contributed by atoms with Crippen molar-refractivity contribution >= 4 is 11.8 Å². The first-order valence-electron chi connectivity index (χ1n) is 6.24. The van der Waals surface area contributed by atoms with Gasteiger partial charge in [0.05, 0.1) is 6.10 Å². The lowest BCUT2D eigenvalue weighted by atomic mass is 10.1. The summed E-state index contributed by atoms with van der Waals surface area (Å²) in [4.78, 5) is 1.24. The van der Waals surface area contributed by atoms with E-state index in [1.54, 1.807) is 0 Å². The van der Waals surface area contributed by atoms with Crippen molar-refractivity contribution in [2.24, 2.45) is 0 Å². The molecule has 0 amide bonds. The summed E-state index contributed by atoms with van der Waals surface area (Å²) in [6, 6.07) is 18.7. The quantitative estimate of drug-likeness (QED) is 0.801. The molecule has 0 saturated heterocycles. The van der Waals surface area contributed by atoms with Gasteiger partial charge in [-0.2, -0.15) is 0 Å². The molecule has 0 heterocycles. The minimum atomic E-state index is -0.335. The minimum absolute atomic E-state index is 0.335. The fourth-order valence-electron chi connectivity index (χ4n) is 1.76. The van der Waals surface area contributed by atoms with E-state index in [1.807, 2.05) is 36.9 Å². The van der Waals surface area contributed by atoms with E-state index in [-0.39, 0.29) is 6.10 Å². The summed E-state index contributed by atoms with van der Waals surface area (Å²) < 4.78 is 0. The van der Waals surface area contributed by atoms with Gasteiger partial charge in [0.15, 0.2) is 0 Å². The first-order valence-corrected chi connectivity index (χ1v) is 7.23. The number of hydrogen-bond donors (Lipinski definition) is 1. The second-order valence-electron chi connectivity index (χ2n) is 4.27. The van der Waals surface area contributed by atoms with Crippen LogP contribution in [0.4, 0.5) is 0 Å². The first-order chi connectivity index (χ1) is 8.79. The Kier molecular flexibility index (Phi) is 4.85. The molecule has 94 valence electrons. The van der Waals surface area contributed by atoms with E-state index in [9.17, 15) is 5.11 Å². The van der Waals surface area contributed by atoms with Crippen LogP contribution in [-0.4, -0.2) is 5.11 Å². The predicted molar refractivity (Wildman–Crippen MR) is 77.7 cm³/mol. The summed E-state index contributed by atoms with van der Waals surface area (Å²) in [5.41, 5.74) is 2.33. The Balaban J connectivity index is 1.94. The van der Waals surface area contributed by atoms with Crippen LogP contribution in [0.5, 0.6) is 0 Å². The van der Waals surface area contributed by atoms with Gasteiger partial charge in [0.2, 0.25) is 0 Å². The maximum atomic E-state index is 9.72. The number of benzene rings is 2. The summed E-state index contributed by atoms with van der Waals surface area (Å²) in [7, 11) is 0. The van der Waals surface area contributed by atoms with Gasteiger partial charge in [-0.15, -0.1) is 11.8 Å². The van der Waals surface area contributed by atoms with E-state index >= 15 is 0 Å². The van der Waals surface area contributed by atoms with Crippen LogP contribution < -0.4 is 0 Å². The van der Waals surface area contributed by atoms with Crippen LogP contribution in [-0.2, 0) is 5.75 Å². The lowest BCUT2D eigenvalue weighted by Gasteiger charge is -2.08. The topological polar surface area (TPSA) is 20.2 Å². The lowest BCUT2D eigenvalue weighted by Crippen LogP contribution is -1.94. The molecule has 0 saturated carbocycles. The van der Waals surface area contributed by atoms with Crippen LogP contribution >= 0.6 is 11.8 Å². The Morgan fingerprint density at radius 1 is 1.00 bits per heavy atom. The Morgan fingerprint density at radius 2 is 1.67 bits per heavy atom. The van der Waals surface area contributed by atoms with Crippen LogP contribution in [0.25, 0.3) is 0 Å². The third-order valence-electron chi connectivity index (χ3n) is 2.90. The van der Waals surface area contributed by atoms with Crippen molar-refractivity contribution in [2.45, 2.75) is 30.1 Å². The molecule has 0 aliphatic rings. The van der Waals surface area contributed by atoms with Crippen LogP contribution in [0, 0.1) is 0 Å². The highest BCUT2D eigenvalue weighted by Gasteiger charge is 2.04. The second kappa shape index (κ2) is 6.62. The molecule has 1 N–H and O–H groups in total. The summed E-state index contributed by atoms with van der Waals surface area (Å²) >= 11 is 1.82. The van der Waals surface area contributed by atoms with Crippen molar-refractivity contribution in [3.8, 4) is 0 Å². The number of aliphatic hydroxyl groups is 1. The molecule has 1 nitrogen and oxygen atoms in total. The number of hydrogen-bond acceptors (Lipinski definition) is 2. The predicted octanol–water partition coefficient (Wildman–Crippen LogP) is 4.42. The van der Waals surface area contributed by atoms with E-state index in [0.29, 0.717) is 0 Å². The largest absolute Gasteiger partial charge is 0.388 e. The molecule has 2 rings (SSSR count). The summed E-state index contributed by atoms with van der Waals surface area (Å²) in [6.07, 6.45) is 0.425.